The summed E-state index contributed by atoms with van der Waals surface area (Å²) >= 11 is 0. The summed E-state index contributed by atoms with van der Waals surface area (Å²) in [6, 6.07) is 0.498. The van der Waals surface area contributed by atoms with Crippen molar-refractivity contribution in [1.82, 2.24) is 5.32 Å². The first-order chi connectivity index (χ1) is 12.1. The summed E-state index contributed by atoms with van der Waals surface area (Å²) in [5, 5.41) is 3.07. The van der Waals surface area contributed by atoms with Gasteiger partial charge < -0.3 is 14.8 Å². The van der Waals surface area contributed by atoms with Crippen molar-refractivity contribution in [2.24, 2.45) is 0 Å². The van der Waals surface area contributed by atoms with Crippen molar-refractivity contribution >= 4 is 11.8 Å². The molecule has 1 aromatic rings. The maximum absolute atomic E-state index is 14.2. The van der Waals surface area contributed by atoms with E-state index in [2.05, 4.69) is 5.32 Å². The Balaban J connectivity index is 2.17. The topological polar surface area (TPSA) is 64.6 Å². The molecule has 2 rings (SSSR count). The van der Waals surface area contributed by atoms with Crippen molar-refractivity contribution < 1.29 is 32.2 Å². The number of hydrogen-bond acceptors (Lipinski definition) is 5. The molecule has 1 N–H and O–H groups in total. The van der Waals surface area contributed by atoms with E-state index in [-0.39, 0.29) is 18.9 Å². The minimum absolute atomic E-state index is 0.203. The summed E-state index contributed by atoms with van der Waals surface area (Å²) in [6.07, 6.45) is -0.198. The first-order valence-electron chi connectivity index (χ1n) is 8.36. The number of nitrogens with one attached hydrogen (secondary N) is 1. The van der Waals surface area contributed by atoms with Crippen molar-refractivity contribution in [3.05, 3.63) is 34.6 Å². The van der Waals surface area contributed by atoms with Crippen molar-refractivity contribution in [2.75, 3.05) is 19.7 Å². The molecular formula is C18H22F3NO4. The zero-order chi connectivity index (χ0) is 19.5. The zero-order valence-corrected chi connectivity index (χ0v) is 15.0. The first kappa shape index (κ1) is 20.4. The molecule has 26 heavy (non-hydrogen) atoms. The number of hydrogen-bond donors (Lipinski definition) is 1. The number of carbonyl (C=O) groups is 2. The Morgan fingerprint density at radius 1 is 1.27 bits per heavy atom. The second-order valence-corrected chi connectivity index (χ2v) is 7.07. The van der Waals surface area contributed by atoms with E-state index in [1.165, 1.54) is 20.8 Å². The molecule has 1 saturated heterocycles. The molecule has 8 heteroatoms. The van der Waals surface area contributed by atoms with Crippen LogP contribution < -0.4 is 5.32 Å². The Labute approximate surface area is 149 Å². The van der Waals surface area contributed by atoms with Gasteiger partial charge in [-0.25, -0.2) is 18.0 Å². The van der Waals surface area contributed by atoms with Gasteiger partial charge in [-0.05, 0) is 33.3 Å². The van der Waals surface area contributed by atoms with Gasteiger partial charge in [-0.3, -0.25) is 4.79 Å². The lowest BCUT2D eigenvalue weighted by Gasteiger charge is -2.23. The summed E-state index contributed by atoms with van der Waals surface area (Å²) in [6.45, 7) is 6.33. The quantitative estimate of drug-likeness (QED) is 0.488. The normalized spacial score (nSPS) is 17.8. The highest BCUT2D eigenvalue weighted by Crippen LogP contribution is 2.24. The maximum atomic E-state index is 14.2. The SMILES string of the molecule is CC(C)(C)OC(=O)c1cc(F)c(C(=O)CC[C@H]2CNCCO2)c(F)c1F. The van der Waals surface area contributed by atoms with E-state index < -0.39 is 45.9 Å². The van der Waals surface area contributed by atoms with Gasteiger partial charge in [-0.2, -0.15) is 0 Å². The molecule has 1 heterocycles. The average Bonchev–Trinajstić information content (AvgIpc) is 2.55. The van der Waals surface area contributed by atoms with Crippen LogP contribution in [0.15, 0.2) is 6.07 Å². The molecule has 0 radical (unpaired) electrons. The van der Waals surface area contributed by atoms with Crippen LogP contribution in [0.25, 0.3) is 0 Å². The summed E-state index contributed by atoms with van der Waals surface area (Å²) in [5.41, 5.74) is -2.83. The summed E-state index contributed by atoms with van der Waals surface area (Å²) < 4.78 is 53.0. The molecule has 0 spiro atoms. The summed E-state index contributed by atoms with van der Waals surface area (Å²) in [4.78, 5) is 24.0. The molecule has 0 unspecified atom stereocenters. The van der Waals surface area contributed by atoms with Crippen molar-refractivity contribution in [3.63, 3.8) is 0 Å². The molecular weight excluding hydrogens is 351 g/mol. The molecule has 0 aliphatic carbocycles. The predicted molar refractivity (Wildman–Crippen MR) is 87.7 cm³/mol. The van der Waals surface area contributed by atoms with Gasteiger partial charge in [0.15, 0.2) is 17.4 Å². The van der Waals surface area contributed by atoms with Gasteiger partial charge in [-0.1, -0.05) is 0 Å². The summed E-state index contributed by atoms with van der Waals surface area (Å²) in [5.74, 6) is -6.66. The van der Waals surface area contributed by atoms with Crippen molar-refractivity contribution in [2.45, 2.75) is 45.3 Å². The number of benzene rings is 1. The highest BCUT2D eigenvalue weighted by atomic mass is 19.2. The number of rotatable bonds is 5. The fourth-order valence-corrected chi connectivity index (χ4v) is 2.55. The summed E-state index contributed by atoms with van der Waals surface area (Å²) in [7, 11) is 0. The third-order valence-electron chi connectivity index (χ3n) is 3.75. The van der Waals surface area contributed by atoms with E-state index in [1.54, 1.807) is 0 Å². The number of halogens is 3. The molecule has 1 atom stereocenters. The van der Waals surface area contributed by atoms with Gasteiger partial charge in [-0.15, -0.1) is 0 Å². The number of Topliss-reactive ketones (excluding diaryl/α,β-unsaturated/α-hetero) is 1. The van der Waals surface area contributed by atoms with Crippen LogP contribution in [-0.2, 0) is 9.47 Å². The standard InChI is InChI=1S/C18H22F3NO4/c1-18(2,3)26-17(24)11-8-12(19)14(16(21)15(11)20)13(23)5-4-10-9-22-6-7-25-10/h8,10,22H,4-7,9H2,1-3H3/t10-/m0/s1. The van der Waals surface area contributed by atoms with Gasteiger partial charge in [0.2, 0.25) is 0 Å². The fourth-order valence-electron chi connectivity index (χ4n) is 2.55. The van der Waals surface area contributed by atoms with E-state index in [0.29, 0.717) is 25.8 Å². The van der Waals surface area contributed by atoms with Gasteiger partial charge in [0.25, 0.3) is 0 Å². The van der Waals surface area contributed by atoms with E-state index >= 15 is 0 Å². The van der Waals surface area contributed by atoms with Crippen LogP contribution >= 0.6 is 0 Å². The molecule has 0 amide bonds. The number of carbonyl (C=O) groups excluding carboxylic acids is 2. The second-order valence-electron chi connectivity index (χ2n) is 7.07. The van der Waals surface area contributed by atoms with E-state index in [0.717, 1.165) is 0 Å². The minimum Gasteiger partial charge on any atom is -0.456 e. The lowest BCUT2D eigenvalue weighted by molar-refractivity contribution is 0.00626. The Hall–Kier alpha value is -1.93. The van der Waals surface area contributed by atoms with Crippen molar-refractivity contribution in [1.29, 1.82) is 0 Å². The molecule has 1 aliphatic rings. The molecule has 1 aliphatic heterocycles. The molecule has 5 nitrogen and oxygen atoms in total. The van der Waals surface area contributed by atoms with Crippen LogP contribution in [0.5, 0.6) is 0 Å². The van der Waals surface area contributed by atoms with E-state index in [9.17, 15) is 22.8 Å². The number of esters is 1. The first-order valence-corrected chi connectivity index (χ1v) is 8.36. The number of ketones is 1. The monoisotopic (exact) mass is 373 g/mol. The Kier molecular flexibility index (Phi) is 6.41. The van der Waals surface area contributed by atoms with Gasteiger partial charge in [0.05, 0.1) is 18.3 Å². The third kappa shape index (κ3) is 5.04. The van der Waals surface area contributed by atoms with Crippen LogP contribution in [0.4, 0.5) is 13.2 Å². The molecule has 144 valence electrons. The average molecular weight is 373 g/mol. The predicted octanol–water partition coefficient (Wildman–Crippen LogP) is 3.01. The molecule has 1 fully saturated rings. The van der Waals surface area contributed by atoms with Crippen LogP contribution in [0, 0.1) is 17.5 Å². The van der Waals surface area contributed by atoms with Crippen LogP contribution in [0.3, 0.4) is 0 Å². The Bertz CT molecular complexity index is 695. The number of morpholine rings is 1. The lowest BCUT2D eigenvalue weighted by Crippen LogP contribution is -2.38. The molecule has 0 aromatic heterocycles. The smallest absolute Gasteiger partial charge is 0.341 e. The van der Waals surface area contributed by atoms with Gasteiger partial charge in [0.1, 0.15) is 17.0 Å². The van der Waals surface area contributed by atoms with Gasteiger partial charge >= 0.3 is 5.97 Å². The van der Waals surface area contributed by atoms with Crippen LogP contribution in [0.1, 0.15) is 54.3 Å². The Morgan fingerprint density at radius 3 is 2.54 bits per heavy atom. The van der Waals surface area contributed by atoms with Crippen LogP contribution in [-0.4, -0.2) is 43.2 Å². The number of ether oxygens (including phenoxy) is 2. The fraction of sp³-hybridized carbons (Fsp3) is 0.556. The Morgan fingerprint density at radius 2 is 1.96 bits per heavy atom. The molecule has 0 bridgehead atoms. The van der Waals surface area contributed by atoms with E-state index in [1.807, 2.05) is 0 Å². The van der Waals surface area contributed by atoms with E-state index in [4.69, 9.17) is 9.47 Å². The molecule has 1 aromatic carbocycles. The van der Waals surface area contributed by atoms with Crippen molar-refractivity contribution in [3.8, 4) is 0 Å². The highest BCUT2D eigenvalue weighted by Gasteiger charge is 2.29. The second kappa shape index (κ2) is 8.18. The lowest BCUT2D eigenvalue weighted by atomic mass is 10.0. The van der Waals surface area contributed by atoms with Crippen LogP contribution in [0.2, 0.25) is 0 Å². The zero-order valence-electron chi connectivity index (χ0n) is 15.0. The third-order valence-corrected chi connectivity index (χ3v) is 3.75. The maximum Gasteiger partial charge on any atom is 0.341 e. The largest absolute Gasteiger partial charge is 0.456 e. The minimum atomic E-state index is -1.68. The molecule has 0 saturated carbocycles. The van der Waals surface area contributed by atoms with Gasteiger partial charge in [0, 0.05) is 19.5 Å². The highest BCUT2D eigenvalue weighted by molar-refractivity contribution is 5.98.